The molecular formula is C14H19N3. The molecule has 1 N–H and O–H groups in total. The normalized spacial score (nSPS) is 17.7. The van der Waals surface area contributed by atoms with Crippen molar-refractivity contribution >= 4 is 5.52 Å². The first-order valence-corrected chi connectivity index (χ1v) is 6.55. The molecule has 0 saturated carbocycles. The molecular weight excluding hydrogens is 210 g/mol. The lowest BCUT2D eigenvalue weighted by molar-refractivity contribution is 0.460. The van der Waals surface area contributed by atoms with Crippen molar-refractivity contribution in [3.8, 4) is 0 Å². The summed E-state index contributed by atoms with van der Waals surface area (Å²) >= 11 is 0. The van der Waals surface area contributed by atoms with Gasteiger partial charge in [-0.05, 0) is 49.5 Å². The maximum atomic E-state index is 4.45. The Kier molecular flexibility index (Phi) is 2.85. The third-order valence-corrected chi connectivity index (χ3v) is 3.76. The van der Waals surface area contributed by atoms with Crippen LogP contribution in [0.25, 0.3) is 5.52 Å². The second-order valence-corrected chi connectivity index (χ2v) is 4.81. The molecule has 0 amide bonds. The van der Waals surface area contributed by atoms with Crippen LogP contribution in [0.5, 0.6) is 0 Å². The summed E-state index contributed by atoms with van der Waals surface area (Å²) in [4.78, 5) is 4.45. The molecule has 1 saturated heterocycles. The summed E-state index contributed by atoms with van der Waals surface area (Å²) in [6.45, 7) is 4.44. The topological polar surface area (TPSA) is 29.3 Å². The van der Waals surface area contributed by atoms with Gasteiger partial charge in [-0.3, -0.25) is 0 Å². The van der Waals surface area contributed by atoms with Crippen LogP contribution in [0.15, 0.2) is 24.5 Å². The Morgan fingerprint density at radius 1 is 1.41 bits per heavy atom. The predicted molar refractivity (Wildman–Crippen MR) is 69.4 cm³/mol. The van der Waals surface area contributed by atoms with Crippen LogP contribution >= 0.6 is 0 Å². The highest BCUT2D eigenvalue weighted by Gasteiger charge is 2.15. The highest BCUT2D eigenvalue weighted by Crippen LogP contribution is 2.26. The van der Waals surface area contributed by atoms with Gasteiger partial charge in [-0.2, -0.15) is 0 Å². The van der Waals surface area contributed by atoms with Crippen molar-refractivity contribution in [2.75, 3.05) is 13.1 Å². The summed E-state index contributed by atoms with van der Waals surface area (Å²) in [7, 11) is 0. The van der Waals surface area contributed by atoms with Gasteiger partial charge < -0.3 is 9.72 Å². The first kappa shape index (κ1) is 10.8. The van der Waals surface area contributed by atoms with Crippen LogP contribution in [0.1, 0.15) is 37.1 Å². The average molecular weight is 229 g/mol. The van der Waals surface area contributed by atoms with Gasteiger partial charge in [0.05, 0.1) is 11.7 Å². The molecule has 17 heavy (non-hydrogen) atoms. The molecule has 3 heterocycles. The number of pyridine rings is 1. The van der Waals surface area contributed by atoms with E-state index in [0.29, 0.717) is 0 Å². The van der Waals surface area contributed by atoms with Crippen molar-refractivity contribution in [1.82, 2.24) is 14.7 Å². The second kappa shape index (κ2) is 4.49. The largest absolute Gasteiger partial charge is 0.317 e. The van der Waals surface area contributed by atoms with Gasteiger partial charge in [-0.15, -0.1) is 0 Å². The lowest BCUT2D eigenvalue weighted by atomic mass is 9.91. The highest BCUT2D eigenvalue weighted by atomic mass is 15.0. The predicted octanol–water partition coefficient (Wildman–Crippen LogP) is 2.36. The number of hydrogen-bond donors (Lipinski definition) is 1. The van der Waals surface area contributed by atoms with E-state index in [1.807, 2.05) is 6.20 Å². The molecule has 3 nitrogen and oxygen atoms in total. The summed E-state index contributed by atoms with van der Waals surface area (Å²) < 4.78 is 2.20. The van der Waals surface area contributed by atoms with E-state index in [0.717, 1.165) is 31.3 Å². The number of nitrogens with one attached hydrogen (secondary N) is 1. The fraction of sp³-hybridized carbons (Fsp3) is 0.500. The minimum absolute atomic E-state index is 0.723. The molecule has 0 spiro atoms. The Balaban J connectivity index is 1.95. The van der Waals surface area contributed by atoms with Gasteiger partial charge in [0, 0.05) is 12.6 Å². The summed E-state index contributed by atoms with van der Waals surface area (Å²) in [5.74, 6) is 1.87. The second-order valence-electron chi connectivity index (χ2n) is 4.81. The third kappa shape index (κ3) is 1.95. The Hall–Kier alpha value is -1.35. The lowest BCUT2D eigenvalue weighted by Gasteiger charge is -2.23. The molecule has 90 valence electrons. The van der Waals surface area contributed by atoms with Crippen LogP contribution in [-0.2, 0) is 6.42 Å². The van der Waals surface area contributed by atoms with Gasteiger partial charge in [-0.1, -0.05) is 6.92 Å². The van der Waals surface area contributed by atoms with Gasteiger partial charge in [0.25, 0.3) is 0 Å². The van der Waals surface area contributed by atoms with Crippen molar-refractivity contribution in [2.24, 2.45) is 0 Å². The summed E-state index contributed by atoms with van der Waals surface area (Å²) in [5.41, 5.74) is 2.71. The molecule has 1 aliphatic rings. The van der Waals surface area contributed by atoms with Crippen LogP contribution in [0, 0.1) is 0 Å². The lowest BCUT2D eigenvalue weighted by Crippen LogP contribution is -2.26. The van der Waals surface area contributed by atoms with Crippen LogP contribution in [0.2, 0.25) is 0 Å². The molecule has 3 heteroatoms. The fourth-order valence-corrected chi connectivity index (χ4v) is 2.74. The highest BCUT2D eigenvalue weighted by molar-refractivity contribution is 5.49. The smallest absolute Gasteiger partial charge is 0.112 e. The van der Waals surface area contributed by atoms with E-state index >= 15 is 0 Å². The minimum Gasteiger partial charge on any atom is -0.317 e. The third-order valence-electron chi connectivity index (χ3n) is 3.76. The van der Waals surface area contributed by atoms with Crippen molar-refractivity contribution < 1.29 is 0 Å². The summed E-state index contributed by atoms with van der Waals surface area (Å²) in [6, 6.07) is 4.58. The molecule has 2 aromatic heterocycles. The zero-order chi connectivity index (χ0) is 11.7. The number of rotatable bonds is 2. The number of fused-ring (bicyclic) bond motifs is 1. The van der Waals surface area contributed by atoms with E-state index in [4.69, 9.17) is 0 Å². The number of hydrogen-bond acceptors (Lipinski definition) is 2. The van der Waals surface area contributed by atoms with Crippen molar-refractivity contribution in [3.63, 3.8) is 0 Å². The SMILES string of the molecule is CCc1ncc2cc(C3CCNCC3)ccn12. The number of aromatic nitrogens is 2. The zero-order valence-corrected chi connectivity index (χ0v) is 10.3. The Labute approximate surface area is 102 Å². The zero-order valence-electron chi connectivity index (χ0n) is 10.3. The maximum absolute atomic E-state index is 4.45. The van der Waals surface area contributed by atoms with Crippen molar-refractivity contribution in [2.45, 2.75) is 32.1 Å². The van der Waals surface area contributed by atoms with Gasteiger partial charge >= 0.3 is 0 Å². The molecule has 1 aliphatic heterocycles. The number of piperidine rings is 1. The van der Waals surface area contributed by atoms with Crippen LogP contribution in [0.4, 0.5) is 0 Å². The standard InChI is InChI=1S/C14H19N3/c1-2-14-16-10-13-9-12(5-8-17(13)14)11-3-6-15-7-4-11/h5,8-11,15H,2-4,6-7H2,1H3. The molecule has 0 unspecified atom stereocenters. The number of imidazole rings is 1. The van der Waals surface area contributed by atoms with E-state index in [2.05, 4.69) is 40.0 Å². The van der Waals surface area contributed by atoms with Crippen molar-refractivity contribution in [3.05, 3.63) is 35.9 Å². The molecule has 3 rings (SSSR count). The Morgan fingerprint density at radius 2 is 2.24 bits per heavy atom. The van der Waals surface area contributed by atoms with Gasteiger partial charge in [-0.25, -0.2) is 4.98 Å². The van der Waals surface area contributed by atoms with Gasteiger partial charge in [0.2, 0.25) is 0 Å². The molecule has 1 fully saturated rings. The quantitative estimate of drug-likeness (QED) is 0.856. The number of aryl methyl sites for hydroxylation is 1. The van der Waals surface area contributed by atoms with Gasteiger partial charge in [0.1, 0.15) is 5.82 Å². The molecule has 0 bridgehead atoms. The van der Waals surface area contributed by atoms with Crippen LogP contribution in [0.3, 0.4) is 0 Å². The first-order valence-electron chi connectivity index (χ1n) is 6.55. The maximum Gasteiger partial charge on any atom is 0.112 e. The molecule has 0 aromatic carbocycles. The fourth-order valence-electron chi connectivity index (χ4n) is 2.74. The summed E-state index contributed by atoms with van der Waals surface area (Å²) in [6.07, 6.45) is 7.67. The molecule has 2 aromatic rings. The van der Waals surface area contributed by atoms with E-state index in [1.54, 1.807) is 0 Å². The number of nitrogens with zero attached hydrogens (tertiary/aromatic N) is 2. The molecule has 0 radical (unpaired) electrons. The summed E-state index contributed by atoms with van der Waals surface area (Å²) in [5, 5.41) is 3.42. The molecule has 0 aliphatic carbocycles. The van der Waals surface area contributed by atoms with Crippen LogP contribution < -0.4 is 5.32 Å². The van der Waals surface area contributed by atoms with E-state index in [9.17, 15) is 0 Å². The minimum atomic E-state index is 0.723. The average Bonchev–Trinajstić information content (AvgIpc) is 2.81. The monoisotopic (exact) mass is 229 g/mol. The Bertz CT molecular complexity index is 509. The first-order chi connectivity index (χ1) is 8.38. The van der Waals surface area contributed by atoms with E-state index < -0.39 is 0 Å². The van der Waals surface area contributed by atoms with Gasteiger partial charge in [0.15, 0.2) is 0 Å². The Morgan fingerprint density at radius 3 is 3.00 bits per heavy atom. The van der Waals surface area contributed by atoms with E-state index in [1.165, 1.54) is 23.9 Å². The molecule has 0 atom stereocenters. The van der Waals surface area contributed by atoms with Crippen LogP contribution in [-0.4, -0.2) is 22.5 Å². The van der Waals surface area contributed by atoms with E-state index in [-0.39, 0.29) is 0 Å². The van der Waals surface area contributed by atoms with Crippen molar-refractivity contribution in [1.29, 1.82) is 0 Å².